The van der Waals surface area contributed by atoms with Crippen LogP contribution in [0.15, 0.2) is 45.7 Å². The SMILES string of the molecule is CCN(C(=O)CSc1nnc(COc2ccc(C)cc2)o1)C1=CCCCC1. The van der Waals surface area contributed by atoms with E-state index in [2.05, 4.69) is 16.3 Å². The van der Waals surface area contributed by atoms with E-state index in [1.807, 2.05) is 43.0 Å². The molecule has 0 saturated carbocycles. The molecule has 0 saturated heterocycles. The predicted molar refractivity (Wildman–Crippen MR) is 104 cm³/mol. The van der Waals surface area contributed by atoms with E-state index in [9.17, 15) is 4.79 Å². The Balaban J connectivity index is 1.49. The summed E-state index contributed by atoms with van der Waals surface area (Å²) in [6.07, 6.45) is 6.57. The standard InChI is InChI=1S/C20H25N3O3S/c1-3-23(16-7-5-4-6-8-16)19(24)14-27-20-22-21-18(26-20)13-25-17-11-9-15(2)10-12-17/h7,9-12H,3-6,8,13-14H2,1-2H3. The molecule has 1 amide bonds. The second-order valence-electron chi connectivity index (χ2n) is 6.43. The zero-order chi connectivity index (χ0) is 19.1. The van der Waals surface area contributed by atoms with Gasteiger partial charge in [-0.2, -0.15) is 0 Å². The zero-order valence-electron chi connectivity index (χ0n) is 15.8. The number of hydrogen-bond donors (Lipinski definition) is 0. The Kier molecular flexibility index (Phi) is 6.92. The smallest absolute Gasteiger partial charge is 0.277 e. The maximum Gasteiger partial charge on any atom is 0.277 e. The van der Waals surface area contributed by atoms with E-state index >= 15 is 0 Å². The van der Waals surface area contributed by atoms with Crippen molar-refractivity contribution in [3.05, 3.63) is 47.5 Å². The molecule has 2 aromatic rings. The van der Waals surface area contributed by atoms with Crippen LogP contribution in [0.2, 0.25) is 0 Å². The molecule has 0 bridgehead atoms. The van der Waals surface area contributed by atoms with Gasteiger partial charge in [-0.05, 0) is 51.7 Å². The van der Waals surface area contributed by atoms with Crippen LogP contribution < -0.4 is 4.74 Å². The average Bonchev–Trinajstić information content (AvgIpc) is 3.15. The van der Waals surface area contributed by atoms with Crippen LogP contribution in [0.4, 0.5) is 0 Å². The number of hydrogen-bond acceptors (Lipinski definition) is 6. The maximum atomic E-state index is 12.5. The largest absolute Gasteiger partial charge is 0.484 e. The molecule has 0 spiro atoms. The summed E-state index contributed by atoms with van der Waals surface area (Å²) in [5, 5.41) is 8.36. The van der Waals surface area contributed by atoms with Gasteiger partial charge in [-0.25, -0.2) is 0 Å². The molecule has 1 aromatic carbocycles. The summed E-state index contributed by atoms with van der Waals surface area (Å²) >= 11 is 1.27. The highest BCUT2D eigenvalue weighted by Gasteiger charge is 2.19. The molecule has 0 N–H and O–H groups in total. The summed E-state index contributed by atoms with van der Waals surface area (Å²) in [4.78, 5) is 14.4. The fraction of sp³-hybridized carbons (Fsp3) is 0.450. The van der Waals surface area contributed by atoms with Crippen LogP contribution in [-0.4, -0.2) is 33.3 Å². The Labute approximate surface area is 164 Å². The summed E-state index contributed by atoms with van der Waals surface area (Å²) in [5.74, 6) is 1.51. The lowest BCUT2D eigenvalue weighted by molar-refractivity contribution is -0.126. The van der Waals surface area contributed by atoms with Gasteiger partial charge in [0.05, 0.1) is 5.75 Å². The summed E-state index contributed by atoms with van der Waals surface area (Å²) < 4.78 is 11.2. The Hall–Kier alpha value is -2.28. The van der Waals surface area contributed by atoms with Gasteiger partial charge in [-0.1, -0.05) is 35.5 Å². The number of carbonyl (C=O) groups excluding carboxylic acids is 1. The lowest BCUT2D eigenvalue weighted by Crippen LogP contribution is -2.32. The number of aryl methyl sites for hydroxylation is 1. The molecule has 0 radical (unpaired) electrons. The van der Waals surface area contributed by atoms with Gasteiger partial charge in [-0.15, -0.1) is 10.2 Å². The summed E-state index contributed by atoms with van der Waals surface area (Å²) in [6.45, 7) is 4.92. The molecule has 0 fully saturated rings. The van der Waals surface area contributed by atoms with Crippen LogP contribution >= 0.6 is 11.8 Å². The van der Waals surface area contributed by atoms with Crippen LogP contribution in [0, 0.1) is 6.92 Å². The number of rotatable bonds is 8. The van der Waals surface area contributed by atoms with E-state index in [1.54, 1.807) is 0 Å². The molecular weight excluding hydrogens is 362 g/mol. The van der Waals surface area contributed by atoms with Crippen molar-refractivity contribution in [1.82, 2.24) is 15.1 Å². The topological polar surface area (TPSA) is 68.5 Å². The monoisotopic (exact) mass is 387 g/mol. The van der Waals surface area contributed by atoms with Crippen molar-refractivity contribution >= 4 is 17.7 Å². The van der Waals surface area contributed by atoms with Crippen molar-refractivity contribution < 1.29 is 13.9 Å². The lowest BCUT2D eigenvalue weighted by Gasteiger charge is -2.26. The summed E-state index contributed by atoms with van der Waals surface area (Å²) in [7, 11) is 0. The molecule has 1 heterocycles. The lowest BCUT2D eigenvalue weighted by atomic mass is 10.0. The first-order valence-electron chi connectivity index (χ1n) is 9.29. The molecule has 6 nitrogen and oxygen atoms in total. The highest BCUT2D eigenvalue weighted by Crippen LogP contribution is 2.23. The van der Waals surface area contributed by atoms with E-state index in [4.69, 9.17) is 9.15 Å². The molecule has 1 aromatic heterocycles. The number of thioether (sulfide) groups is 1. The van der Waals surface area contributed by atoms with E-state index in [0.29, 0.717) is 17.7 Å². The van der Waals surface area contributed by atoms with Crippen molar-refractivity contribution in [2.24, 2.45) is 0 Å². The van der Waals surface area contributed by atoms with Gasteiger partial charge in [0.25, 0.3) is 11.1 Å². The van der Waals surface area contributed by atoms with E-state index in [1.165, 1.54) is 23.7 Å². The van der Waals surface area contributed by atoms with Crippen molar-refractivity contribution in [3.8, 4) is 5.75 Å². The molecule has 144 valence electrons. The third-order valence-electron chi connectivity index (χ3n) is 4.38. The molecule has 0 atom stereocenters. The second-order valence-corrected chi connectivity index (χ2v) is 7.36. The molecule has 0 aliphatic heterocycles. The summed E-state index contributed by atoms with van der Waals surface area (Å²) in [5.41, 5.74) is 2.32. The Morgan fingerprint density at radius 3 is 2.78 bits per heavy atom. The second kappa shape index (κ2) is 9.60. The van der Waals surface area contributed by atoms with Gasteiger partial charge < -0.3 is 14.1 Å². The number of nitrogens with zero attached hydrogens (tertiary/aromatic N) is 3. The van der Waals surface area contributed by atoms with Gasteiger partial charge in [-0.3, -0.25) is 4.79 Å². The van der Waals surface area contributed by atoms with Crippen molar-refractivity contribution in [2.45, 2.75) is 51.4 Å². The fourth-order valence-corrected chi connectivity index (χ4v) is 3.60. The number of carbonyl (C=O) groups is 1. The first-order chi connectivity index (χ1) is 13.2. The molecule has 1 aliphatic rings. The maximum absolute atomic E-state index is 12.5. The first-order valence-corrected chi connectivity index (χ1v) is 10.3. The fourth-order valence-electron chi connectivity index (χ4n) is 2.94. The highest BCUT2D eigenvalue weighted by atomic mass is 32.2. The van der Waals surface area contributed by atoms with Crippen molar-refractivity contribution in [1.29, 1.82) is 0 Å². The number of allylic oxidation sites excluding steroid dienone is 2. The molecule has 7 heteroatoms. The molecule has 1 aliphatic carbocycles. The Bertz CT molecular complexity index is 786. The van der Waals surface area contributed by atoms with Crippen molar-refractivity contribution in [3.63, 3.8) is 0 Å². The quantitative estimate of drug-likeness (QED) is 0.627. The third kappa shape index (κ3) is 5.60. The predicted octanol–water partition coefficient (Wildman–Crippen LogP) is 4.36. The number of aromatic nitrogens is 2. The molecule has 27 heavy (non-hydrogen) atoms. The minimum atomic E-state index is 0.0753. The van der Waals surface area contributed by atoms with Crippen LogP contribution in [0.1, 0.15) is 44.1 Å². The van der Waals surface area contributed by atoms with Crippen LogP contribution in [0.5, 0.6) is 5.75 Å². The normalized spacial score (nSPS) is 13.9. The van der Waals surface area contributed by atoms with E-state index in [-0.39, 0.29) is 18.3 Å². The van der Waals surface area contributed by atoms with Gasteiger partial charge >= 0.3 is 0 Å². The third-order valence-corrected chi connectivity index (χ3v) is 5.18. The van der Waals surface area contributed by atoms with Gasteiger partial charge in [0, 0.05) is 12.2 Å². The minimum Gasteiger partial charge on any atom is -0.484 e. The molecule has 3 rings (SSSR count). The van der Waals surface area contributed by atoms with Crippen LogP contribution in [0.25, 0.3) is 0 Å². The Morgan fingerprint density at radius 2 is 2.07 bits per heavy atom. The van der Waals surface area contributed by atoms with Gasteiger partial charge in [0.2, 0.25) is 5.91 Å². The zero-order valence-corrected chi connectivity index (χ0v) is 16.6. The number of benzene rings is 1. The van der Waals surface area contributed by atoms with E-state index < -0.39 is 0 Å². The molecule has 0 unspecified atom stereocenters. The first kappa shape index (κ1) is 19.5. The molecular formula is C20H25N3O3S. The van der Waals surface area contributed by atoms with Crippen molar-refractivity contribution in [2.75, 3.05) is 12.3 Å². The Morgan fingerprint density at radius 1 is 1.26 bits per heavy atom. The number of amides is 1. The van der Waals surface area contributed by atoms with Gasteiger partial charge in [0.1, 0.15) is 5.75 Å². The van der Waals surface area contributed by atoms with Crippen LogP contribution in [0.3, 0.4) is 0 Å². The van der Waals surface area contributed by atoms with Crippen LogP contribution in [-0.2, 0) is 11.4 Å². The van der Waals surface area contributed by atoms with Gasteiger partial charge in [0.15, 0.2) is 6.61 Å². The number of ether oxygens (including phenoxy) is 1. The minimum absolute atomic E-state index is 0.0753. The summed E-state index contributed by atoms with van der Waals surface area (Å²) in [6, 6.07) is 7.77. The average molecular weight is 388 g/mol. The highest BCUT2D eigenvalue weighted by molar-refractivity contribution is 7.99. The van der Waals surface area contributed by atoms with E-state index in [0.717, 1.165) is 30.7 Å².